The van der Waals surface area contributed by atoms with E-state index in [0.717, 1.165) is 11.1 Å². The van der Waals surface area contributed by atoms with Crippen LogP contribution in [0.25, 0.3) is 5.57 Å². The smallest absolute Gasteiger partial charge is 0.248 e. The normalized spacial score (nSPS) is 11.7. The molecular formula is C10H10N4O. The lowest BCUT2D eigenvalue weighted by Crippen LogP contribution is -1.90. The fourth-order valence-electron chi connectivity index (χ4n) is 1.26. The molecule has 2 aromatic heterocycles. The molecule has 0 saturated heterocycles. The topological polar surface area (TPSA) is 64.7 Å². The van der Waals surface area contributed by atoms with Gasteiger partial charge in [0.25, 0.3) is 0 Å². The van der Waals surface area contributed by atoms with Crippen molar-refractivity contribution in [3.63, 3.8) is 0 Å². The van der Waals surface area contributed by atoms with Crippen LogP contribution in [0.3, 0.4) is 0 Å². The summed E-state index contributed by atoms with van der Waals surface area (Å²) < 4.78 is 5.34. The monoisotopic (exact) mass is 202 g/mol. The van der Waals surface area contributed by atoms with Gasteiger partial charge >= 0.3 is 0 Å². The molecule has 2 rings (SSSR count). The van der Waals surface area contributed by atoms with Gasteiger partial charge < -0.3 is 4.42 Å². The van der Waals surface area contributed by atoms with E-state index in [-0.39, 0.29) is 0 Å². The first-order chi connectivity index (χ1) is 7.31. The molecule has 15 heavy (non-hydrogen) atoms. The summed E-state index contributed by atoms with van der Waals surface area (Å²) in [6, 6.07) is 0. The quantitative estimate of drug-likeness (QED) is 0.740. The third kappa shape index (κ3) is 1.90. The first-order valence-corrected chi connectivity index (χ1v) is 4.53. The van der Waals surface area contributed by atoms with Crippen LogP contribution in [-0.4, -0.2) is 20.2 Å². The molecule has 0 bridgehead atoms. The maximum atomic E-state index is 5.34. The SMILES string of the molecule is C/C=C(\c1cncnc1)c1nnc(C)o1. The summed E-state index contributed by atoms with van der Waals surface area (Å²) in [7, 11) is 0. The summed E-state index contributed by atoms with van der Waals surface area (Å²) in [6.07, 6.45) is 6.80. The Morgan fingerprint density at radius 3 is 2.53 bits per heavy atom. The Labute approximate surface area is 86.9 Å². The molecule has 2 heterocycles. The van der Waals surface area contributed by atoms with Crippen molar-refractivity contribution in [3.05, 3.63) is 42.1 Å². The van der Waals surface area contributed by atoms with E-state index < -0.39 is 0 Å². The molecule has 0 radical (unpaired) electrons. The Morgan fingerprint density at radius 1 is 1.27 bits per heavy atom. The minimum atomic E-state index is 0.491. The molecule has 0 fully saturated rings. The lowest BCUT2D eigenvalue weighted by molar-refractivity contribution is 0.506. The zero-order chi connectivity index (χ0) is 10.7. The van der Waals surface area contributed by atoms with Gasteiger partial charge in [0.2, 0.25) is 11.8 Å². The highest BCUT2D eigenvalue weighted by Crippen LogP contribution is 2.20. The molecule has 76 valence electrons. The second-order valence-electron chi connectivity index (χ2n) is 2.96. The molecule has 0 N–H and O–H groups in total. The Hall–Kier alpha value is -2.04. The average Bonchev–Trinajstić information content (AvgIpc) is 2.68. The van der Waals surface area contributed by atoms with Crippen molar-refractivity contribution in [3.8, 4) is 0 Å². The first kappa shape index (κ1) is 9.51. The number of hydrogen-bond donors (Lipinski definition) is 0. The van der Waals surface area contributed by atoms with E-state index in [0.29, 0.717) is 11.8 Å². The summed E-state index contributed by atoms with van der Waals surface area (Å²) in [6.45, 7) is 3.66. The summed E-state index contributed by atoms with van der Waals surface area (Å²) in [4.78, 5) is 7.89. The molecule has 0 unspecified atom stereocenters. The van der Waals surface area contributed by atoms with Crippen molar-refractivity contribution in [1.29, 1.82) is 0 Å². The summed E-state index contributed by atoms with van der Waals surface area (Å²) >= 11 is 0. The molecule has 0 atom stereocenters. The van der Waals surface area contributed by atoms with Crippen LogP contribution in [-0.2, 0) is 0 Å². The second-order valence-corrected chi connectivity index (χ2v) is 2.96. The van der Waals surface area contributed by atoms with Gasteiger partial charge in [-0.15, -0.1) is 10.2 Å². The van der Waals surface area contributed by atoms with E-state index >= 15 is 0 Å². The van der Waals surface area contributed by atoms with Crippen LogP contribution in [0.15, 0.2) is 29.2 Å². The minimum absolute atomic E-state index is 0.491. The largest absolute Gasteiger partial charge is 0.421 e. The van der Waals surface area contributed by atoms with Gasteiger partial charge in [-0.2, -0.15) is 0 Å². The second kappa shape index (κ2) is 4.00. The zero-order valence-corrected chi connectivity index (χ0v) is 8.51. The molecule has 2 aromatic rings. The summed E-state index contributed by atoms with van der Waals surface area (Å²) in [5.41, 5.74) is 1.71. The van der Waals surface area contributed by atoms with Gasteiger partial charge in [0.15, 0.2) is 0 Å². The molecule has 5 nitrogen and oxygen atoms in total. The highest BCUT2D eigenvalue weighted by Gasteiger charge is 2.10. The number of rotatable bonds is 2. The van der Waals surface area contributed by atoms with Crippen molar-refractivity contribution in [2.45, 2.75) is 13.8 Å². The van der Waals surface area contributed by atoms with Gasteiger partial charge in [0.05, 0.1) is 0 Å². The van der Waals surface area contributed by atoms with Gasteiger partial charge in [-0.3, -0.25) is 0 Å². The predicted molar refractivity (Wildman–Crippen MR) is 53.8 cm³/mol. The molecule has 5 heteroatoms. The van der Waals surface area contributed by atoms with Crippen LogP contribution in [0.5, 0.6) is 0 Å². The van der Waals surface area contributed by atoms with Crippen LogP contribution in [0, 0.1) is 6.92 Å². The fourth-order valence-corrected chi connectivity index (χ4v) is 1.26. The maximum absolute atomic E-state index is 5.34. The van der Waals surface area contributed by atoms with Gasteiger partial charge in [0, 0.05) is 30.5 Å². The van der Waals surface area contributed by atoms with Gasteiger partial charge in [-0.05, 0) is 6.92 Å². The lowest BCUT2D eigenvalue weighted by Gasteiger charge is -1.99. The van der Waals surface area contributed by atoms with Crippen molar-refractivity contribution < 1.29 is 4.42 Å². The Kier molecular flexibility index (Phi) is 2.53. The number of hydrogen-bond acceptors (Lipinski definition) is 5. The van der Waals surface area contributed by atoms with Gasteiger partial charge in [-0.1, -0.05) is 6.08 Å². The maximum Gasteiger partial charge on any atom is 0.248 e. The lowest BCUT2D eigenvalue weighted by atomic mass is 10.1. The molecule has 0 aliphatic rings. The standard InChI is InChI=1S/C10H10N4O/c1-3-9(8-4-11-6-12-5-8)10-14-13-7(2)15-10/h3-6H,1-2H3/b9-3+. The van der Waals surface area contributed by atoms with Crippen LogP contribution in [0.1, 0.15) is 24.3 Å². The van der Waals surface area contributed by atoms with E-state index in [2.05, 4.69) is 20.2 Å². The van der Waals surface area contributed by atoms with Crippen molar-refractivity contribution in [2.24, 2.45) is 0 Å². The number of nitrogens with zero attached hydrogens (tertiary/aromatic N) is 4. The van der Waals surface area contributed by atoms with Crippen LogP contribution in [0.4, 0.5) is 0 Å². The third-order valence-corrected chi connectivity index (χ3v) is 1.92. The zero-order valence-electron chi connectivity index (χ0n) is 8.51. The van der Waals surface area contributed by atoms with Crippen molar-refractivity contribution in [2.75, 3.05) is 0 Å². The van der Waals surface area contributed by atoms with E-state index in [1.807, 2.05) is 13.0 Å². The highest BCUT2D eigenvalue weighted by atomic mass is 16.4. The molecule has 0 saturated carbocycles. The van der Waals surface area contributed by atoms with Crippen LogP contribution < -0.4 is 0 Å². The van der Waals surface area contributed by atoms with E-state index in [4.69, 9.17) is 4.42 Å². The van der Waals surface area contributed by atoms with Crippen molar-refractivity contribution >= 4 is 5.57 Å². The van der Waals surface area contributed by atoms with Gasteiger partial charge in [0.1, 0.15) is 6.33 Å². The molecule has 0 aliphatic heterocycles. The molecule has 0 aromatic carbocycles. The highest BCUT2D eigenvalue weighted by molar-refractivity contribution is 5.73. The van der Waals surface area contributed by atoms with E-state index in [9.17, 15) is 0 Å². The molecule has 0 spiro atoms. The van der Waals surface area contributed by atoms with Gasteiger partial charge in [-0.25, -0.2) is 9.97 Å². The molecule has 0 amide bonds. The Morgan fingerprint density at radius 2 is 2.00 bits per heavy atom. The van der Waals surface area contributed by atoms with E-state index in [1.54, 1.807) is 19.3 Å². The average molecular weight is 202 g/mol. The first-order valence-electron chi connectivity index (χ1n) is 4.53. The number of aryl methyl sites for hydroxylation is 1. The number of aromatic nitrogens is 4. The number of allylic oxidation sites excluding steroid dienone is 1. The summed E-state index contributed by atoms with van der Waals surface area (Å²) in [5, 5.41) is 7.74. The van der Waals surface area contributed by atoms with E-state index in [1.165, 1.54) is 6.33 Å². The Bertz CT molecular complexity index is 475. The minimum Gasteiger partial charge on any atom is -0.421 e. The fraction of sp³-hybridized carbons (Fsp3) is 0.200. The van der Waals surface area contributed by atoms with Crippen LogP contribution >= 0.6 is 0 Å². The molecule has 0 aliphatic carbocycles. The van der Waals surface area contributed by atoms with Crippen molar-refractivity contribution in [1.82, 2.24) is 20.2 Å². The Balaban J connectivity index is 2.43. The molecular weight excluding hydrogens is 192 g/mol. The predicted octanol–water partition coefficient (Wildman–Crippen LogP) is 1.62. The summed E-state index contributed by atoms with van der Waals surface area (Å²) in [5.74, 6) is 1.03. The van der Waals surface area contributed by atoms with Crippen LogP contribution in [0.2, 0.25) is 0 Å². The third-order valence-electron chi connectivity index (χ3n) is 1.92.